The van der Waals surface area contributed by atoms with Crippen molar-refractivity contribution in [2.45, 2.75) is 52.1 Å². The Kier molecular flexibility index (Phi) is 7.76. The number of halogens is 1. The number of anilines is 1. The maximum atomic E-state index is 11.3. The summed E-state index contributed by atoms with van der Waals surface area (Å²) in [7, 11) is 1.86. The molecule has 0 N–H and O–H groups in total. The summed E-state index contributed by atoms with van der Waals surface area (Å²) in [6, 6.07) is 5.99. The number of methoxy groups -OCH3 is 1. The maximum absolute atomic E-state index is 11.3. The minimum absolute atomic E-state index is 0.466. The van der Waals surface area contributed by atoms with Crippen molar-refractivity contribution in [2.75, 3.05) is 25.1 Å². The molecule has 1 unspecified atom stereocenters. The Bertz CT molecular complexity index is 522. The van der Waals surface area contributed by atoms with E-state index >= 15 is 0 Å². The van der Waals surface area contributed by atoms with Crippen LogP contribution in [0.2, 0.25) is 0 Å². The standard InChI is InChI=1S/C18H24BrNO2.C2H6/c1-22-18(14-5-6-14)11-13-7-9-20(10-8-13)17-4-2-3-16(19)15(17)12-21;1-2/h2-4,12-14,18H,5-11H2,1H3;1-2H3. The summed E-state index contributed by atoms with van der Waals surface area (Å²) < 4.78 is 6.56. The van der Waals surface area contributed by atoms with E-state index in [9.17, 15) is 4.79 Å². The summed E-state index contributed by atoms with van der Waals surface area (Å²) in [6.45, 7) is 6.06. The Balaban J connectivity index is 0.00000100. The molecule has 1 aromatic rings. The van der Waals surface area contributed by atoms with Gasteiger partial charge < -0.3 is 9.64 Å². The van der Waals surface area contributed by atoms with Gasteiger partial charge in [0.25, 0.3) is 0 Å². The largest absolute Gasteiger partial charge is 0.381 e. The summed E-state index contributed by atoms with van der Waals surface area (Å²) in [6.07, 6.45) is 7.70. The molecule has 0 spiro atoms. The summed E-state index contributed by atoms with van der Waals surface area (Å²) in [5.41, 5.74) is 1.84. The molecule has 1 atom stereocenters. The Morgan fingerprint density at radius 3 is 2.46 bits per heavy atom. The van der Waals surface area contributed by atoms with E-state index in [1.807, 2.05) is 33.1 Å². The number of benzene rings is 1. The molecule has 1 heterocycles. The van der Waals surface area contributed by atoms with Gasteiger partial charge in [-0.1, -0.05) is 19.9 Å². The second-order valence-electron chi connectivity index (χ2n) is 6.57. The van der Waals surface area contributed by atoms with Gasteiger partial charge in [-0.25, -0.2) is 0 Å². The zero-order valence-electron chi connectivity index (χ0n) is 15.1. The average molecular weight is 396 g/mol. The quantitative estimate of drug-likeness (QED) is 0.610. The van der Waals surface area contributed by atoms with Gasteiger partial charge in [-0.3, -0.25) is 4.79 Å². The normalized spacial score (nSPS) is 19.4. The molecule has 1 saturated heterocycles. The first-order valence-corrected chi connectivity index (χ1v) is 10.0. The molecule has 2 aliphatic rings. The van der Waals surface area contributed by atoms with Crippen molar-refractivity contribution >= 4 is 27.9 Å². The number of hydrogen-bond donors (Lipinski definition) is 0. The van der Waals surface area contributed by atoms with Gasteiger partial charge in [-0.15, -0.1) is 0 Å². The number of carbonyl (C=O) groups excluding carboxylic acids is 1. The predicted octanol–water partition coefficient (Wildman–Crippen LogP) is 5.32. The fraction of sp³-hybridized carbons (Fsp3) is 0.650. The zero-order chi connectivity index (χ0) is 17.5. The van der Waals surface area contributed by atoms with Crippen LogP contribution in [0.5, 0.6) is 0 Å². The fourth-order valence-corrected chi connectivity index (χ4v) is 4.05. The lowest BCUT2D eigenvalue weighted by atomic mass is 9.89. The van der Waals surface area contributed by atoms with E-state index < -0.39 is 0 Å². The second-order valence-corrected chi connectivity index (χ2v) is 7.42. The number of ether oxygens (including phenoxy) is 1. The van der Waals surface area contributed by atoms with Gasteiger partial charge >= 0.3 is 0 Å². The first kappa shape index (κ1) is 19.5. The van der Waals surface area contributed by atoms with Gasteiger partial charge in [0.05, 0.1) is 11.7 Å². The predicted molar refractivity (Wildman–Crippen MR) is 104 cm³/mol. The molecule has 1 saturated carbocycles. The van der Waals surface area contributed by atoms with Crippen LogP contribution in [-0.4, -0.2) is 32.6 Å². The van der Waals surface area contributed by atoms with Crippen LogP contribution in [0.15, 0.2) is 22.7 Å². The molecule has 24 heavy (non-hydrogen) atoms. The van der Waals surface area contributed by atoms with E-state index in [0.717, 1.165) is 46.9 Å². The van der Waals surface area contributed by atoms with Crippen molar-refractivity contribution in [1.82, 2.24) is 0 Å². The third-order valence-electron chi connectivity index (χ3n) is 5.12. The lowest BCUT2D eigenvalue weighted by Gasteiger charge is -2.35. The molecule has 4 heteroatoms. The molecule has 0 amide bonds. The van der Waals surface area contributed by atoms with Crippen LogP contribution >= 0.6 is 15.9 Å². The Labute approximate surface area is 154 Å². The van der Waals surface area contributed by atoms with Crippen molar-refractivity contribution < 1.29 is 9.53 Å². The Morgan fingerprint density at radius 1 is 1.25 bits per heavy atom. The molecule has 0 bridgehead atoms. The first-order valence-electron chi connectivity index (χ1n) is 9.24. The van der Waals surface area contributed by atoms with Crippen molar-refractivity contribution in [3.63, 3.8) is 0 Å². The topological polar surface area (TPSA) is 29.5 Å². The van der Waals surface area contributed by atoms with Gasteiger partial charge in [0, 0.05) is 30.4 Å². The van der Waals surface area contributed by atoms with E-state index in [1.165, 1.54) is 32.1 Å². The van der Waals surface area contributed by atoms with Crippen molar-refractivity contribution in [3.8, 4) is 0 Å². The second kappa shape index (κ2) is 9.57. The Morgan fingerprint density at radius 2 is 1.92 bits per heavy atom. The number of rotatable bonds is 6. The van der Waals surface area contributed by atoms with E-state index in [-0.39, 0.29) is 0 Å². The minimum atomic E-state index is 0.466. The molecule has 0 radical (unpaired) electrons. The van der Waals surface area contributed by atoms with Crippen LogP contribution in [0, 0.1) is 11.8 Å². The van der Waals surface area contributed by atoms with Gasteiger partial charge in [-0.2, -0.15) is 0 Å². The number of nitrogens with zero attached hydrogens (tertiary/aromatic N) is 1. The van der Waals surface area contributed by atoms with E-state index in [4.69, 9.17) is 4.74 Å². The molecular formula is C20H30BrNO2. The summed E-state index contributed by atoms with van der Waals surface area (Å²) in [5, 5.41) is 0. The van der Waals surface area contributed by atoms with Crippen molar-refractivity contribution in [1.29, 1.82) is 0 Å². The highest BCUT2D eigenvalue weighted by molar-refractivity contribution is 9.10. The molecule has 1 aliphatic heterocycles. The fourth-order valence-electron chi connectivity index (χ4n) is 3.61. The lowest BCUT2D eigenvalue weighted by Crippen LogP contribution is -2.35. The highest BCUT2D eigenvalue weighted by Crippen LogP contribution is 2.39. The van der Waals surface area contributed by atoms with Gasteiger partial charge in [-0.05, 0) is 72.0 Å². The van der Waals surface area contributed by atoms with Crippen LogP contribution in [0.4, 0.5) is 5.69 Å². The minimum Gasteiger partial charge on any atom is -0.381 e. The molecule has 1 aromatic carbocycles. The number of hydrogen-bond acceptors (Lipinski definition) is 3. The lowest BCUT2D eigenvalue weighted by molar-refractivity contribution is 0.0591. The van der Waals surface area contributed by atoms with Crippen LogP contribution in [0.1, 0.15) is 56.3 Å². The molecule has 3 rings (SSSR count). The molecule has 3 nitrogen and oxygen atoms in total. The van der Waals surface area contributed by atoms with Crippen LogP contribution in [0.3, 0.4) is 0 Å². The number of aldehydes is 1. The van der Waals surface area contributed by atoms with Crippen molar-refractivity contribution in [3.05, 3.63) is 28.2 Å². The summed E-state index contributed by atoms with van der Waals surface area (Å²) in [4.78, 5) is 13.7. The zero-order valence-corrected chi connectivity index (χ0v) is 16.7. The summed E-state index contributed by atoms with van der Waals surface area (Å²) >= 11 is 3.48. The summed E-state index contributed by atoms with van der Waals surface area (Å²) in [5.74, 6) is 1.57. The molecule has 0 aromatic heterocycles. The molecule has 134 valence electrons. The molecule has 2 fully saturated rings. The van der Waals surface area contributed by atoms with Gasteiger partial charge in [0.15, 0.2) is 6.29 Å². The Hall–Kier alpha value is -0.870. The third kappa shape index (κ3) is 4.82. The SMILES string of the molecule is CC.COC(CC1CCN(c2cccc(Br)c2C=O)CC1)C1CC1. The van der Waals surface area contributed by atoms with E-state index in [0.29, 0.717) is 6.10 Å². The monoisotopic (exact) mass is 395 g/mol. The molecular weight excluding hydrogens is 366 g/mol. The van der Waals surface area contributed by atoms with E-state index in [1.54, 1.807) is 0 Å². The van der Waals surface area contributed by atoms with Crippen LogP contribution in [-0.2, 0) is 4.74 Å². The maximum Gasteiger partial charge on any atom is 0.153 e. The van der Waals surface area contributed by atoms with Crippen LogP contribution in [0.25, 0.3) is 0 Å². The van der Waals surface area contributed by atoms with Crippen LogP contribution < -0.4 is 4.90 Å². The average Bonchev–Trinajstić information content (AvgIpc) is 3.47. The van der Waals surface area contributed by atoms with E-state index in [2.05, 4.69) is 26.9 Å². The molecule has 1 aliphatic carbocycles. The van der Waals surface area contributed by atoms with Crippen molar-refractivity contribution in [2.24, 2.45) is 11.8 Å². The third-order valence-corrected chi connectivity index (χ3v) is 5.81. The number of carbonyl (C=O) groups is 1. The highest BCUT2D eigenvalue weighted by Gasteiger charge is 2.33. The number of piperidine rings is 1. The van der Waals surface area contributed by atoms with Gasteiger partial charge in [0.1, 0.15) is 0 Å². The van der Waals surface area contributed by atoms with Gasteiger partial charge in [0.2, 0.25) is 0 Å². The first-order chi connectivity index (χ1) is 11.7. The smallest absolute Gasteiger partial charge is 0.153 e. The highest BCUT2D eigenvalue weighted by atomic mass is 79.9.